The van der Waals surface area contributed by atoms with Crippen molar-refractivity contribution in [2.24, 2.45) is 0 Å². The molecule has 0 radical (unpaired) electrons. The second-order valence-electron chi connectivity index (χ2n) is 3.76. The Balaban J connectivity index is 2.49. The third-order valence-corrected chi connectivity index (χ3v) is 2.33. The second-order valence-corrected chi connectivity index (χ2v) is 3.76. The molecule has 0 spiro atoms. The lowest BCUT2D eigenvalue weighted by Crippen LogP contribution is -2.38. The molecule has 2 amide bonds. The summed E-state index contributed by atoms with van der Waals surface area (Å²) in [5, 5.41) is 2.52. The first kappa shape index (κ1) is 13.6. The molecule has 0 aromatic heterocycles. The van der Waals surface area contributed by atoms with Gasteiger partial charge in [-0.25, -0.2) is 0 Å². The van der Waals surface area contributed by atoms with Crippen LogP contribution < -0.4 is 11.1 Å². The summed E-state index contributed by atoms with van der Waals surface area (Å²) in [7, 11) is 1.58. The molecule has 3 N–H and O–H groups in total. The Morgan fingerprint density at radius 2 is 2.00 bits per heavy atom. The Labute approximate surface area is 106 Å². The summed E-state index contributed by atoms with van der Waals surface area (Å²) in [5.74, 6) is 1.79. The molecular weight excluding hydrogens is 230 g/mol. The van der Waals surface area contributed by atoms with E-state index in [0.717, 1.165) is 0 Å². The Kier molecular flexibility index (Phi) is 4.76. The van der Waals surface area contributed by atoms with Crippen molar-refractivity contribution in [1.29, 1.82) is 0 Å². The normalized spacial score (nSPS) is 9.33. The van der Waals surface area contributed by atoms with E-state index < -0.39 is 0 Å². The molecule has 18 heavy (non-hydrogen) atoms. The van der Waals surface area contributed by atoms with Crippen molar-refractivity contribution >= 4 is 17.5 Å². The summed E-state index contributed by atoms with van der Waals surface area (Å²) >= 11 is 0. The van der Waals surface area contributed by atoms with Gasteiger partial charge in [-0.05, 0) is 24.3 Å². The fraction of sp³-hybridized carbons (Fsp3) is 0.231. The van der Waals surface area contributed by atoms with Gasteiger partial charge < -0.3 is 16.0 Å². The van der Waals surface area contributed by atoms with Crippen molar-refractivity contribution < 1.29 is 9.59 Å². The van der Waals surface area contributed by atoms with Gasteiger partial charge in [-0.1, -0.05) is 5.92 Å². The van der Waals surface area contributed by atoms with E-state index in [1.807, 2.05) is 0 Å². The Morgan fingerprint density at radius 1 is 1.39 bits per heavy atom. The maximum absolute atomic E-state index is 11.7. The average molecular weight is 245 g/mol. The molecule has 0 heterocycles. The quantitative estimate of drug-likeness (QED) is 0.583. The highest BCUT2D eigenvalue weighted by Gasteiger charge is 2.10. The molecule has 5 nitrogen and oxygen atoms in total. The number of carbonyl (C=O) groups excluding carboxylic acids is 2. The molecule has 0 fully saturated rings. The van der Waals surface area contributed by atoms with Gasteiger partial charge in [0.2, 0.25) is 5.91 Å². The highest BCUT2D eigenvalue weighted by atomic mass is 16.2. The van der Waals surface area contributed by atoms with Crippen molar-refractivity contribution in [3.8, 4) is 12.3 Å². The standard InChI is InChI=1S/C13H15N3O2/c1-3-8-16(2)12(17)9-15-13(18)10-4-6-11(14)7-5-10/h1,4-7H,8-9,14H2,2H3,(H,15,18). The van der Waals surface area contributed by atoms with Crippen molar-refractivity contribution in [2.75, 3.05) is 25.9 Å². The highest BCUT2D eigenvalue weighted by molar-refractivity contribution is 5.96. The number of benzene rings is 1. The first-order chi connectivity index (χ1) is 8.54. The molecule has 0 bridgehead atoms. The number of amides is 2. The summed E-state index contributed by atoms with van der Waals surface area (Å²) in [6.45, 7) is 0.137. The zero-order valence-electron chi connectivity index (χ0n) is 10.1. The molecule has 0 aliphatic heterocycles. The molecule has 0 unspecified atom stereocenters. The Bertz CT molecular complexity index is 474. The lowest BCUT2D eigenvalue weighted by Gasteiger charge is -2.14. The van der Waals surface area contributed by atoms with Crippen molar-refractivity contribution in [1.82, 2.24) is 10.2 Å². The van der Waals surface area contributed by atoms with E-state index in [9.17, 15) is 9.59 Å². The number of nitrogens with two attached hydrogens (primary N) is 1. The van der Waals surface area contributed by atoms with Gasteiger partial charge in [0.05, 0.1) is 13.1 Å². The van der Waals surface area contributed by atoms with Crippen LogP contribution in [0.1, 0.15) is 10.4 Å². The van der Waals surface area contributed by atoms with Crippen LogP contribution in [0.3, 0.4) is 0 Å². The number of rotatable bonds is 4. The van der Waals surface area contributed by atoms with Gasteiger partial charge in [0.15, 0.2) is 0 Å². The molecule has 5 heteroatoms. The number of nitrogens with zero attached hydrogens (tertiary/aromatic N) is 1. The number of nitrogens with one attached hydrogen (secondary N) is 1. The predicted octanol–water partition coefficient (Wildman–Crippen LogP) is 0.0902. The van der Waals surface area contributed by atoms with Crippen LogP contribution >= 0.6 is 0 Å². The molecule has 1 aromatic carbocycles. The molecule has 0 saturated carbocycles. The maximum Gasteiger partial charge on any atom is 0.251 e. The smallest absolute Gasteiger partial charge is 0.251 e. The first-order valence-corrected chi connectivity index (χ1v) is 5.35. The van der Waals surface area contributed by atoms with Gasteiger partial charge in [-0.15, -0.1) is 6.42 Å². The largest absolute Gasteiger partial charge is 0.399 e. The zero-order chi connectivity index (χ0) is 13.5. The minimum absolute atomic E-state index is 0.0820. The van der Waals surface area contributed by atoms with Crippen LogP contribution in [0.4, 0.5) is 5.69 Å². The molecule has 0 atom stereocenters. The number of hydrogen-bond donors (Lipinski definition) is 2. The fourth-order valence-electron chi connectivity index (χ4n) is 1.25. The maximum atomic E-state index is 11.7. The third kappa shape index (κ3) is 3.83. The molecule has 0 aliphatic rings. The van der Waals surface area contributed by atoms with Crippen molar-refractivity contribution in [2.45, 2.75) is 0 Å². The van der Waals surface area contributed by atoms with Crippen LogP contribution in [-0.2, 0) is 4.79 Å². The number of terminal acetylenes is 1. The van der Waals surface area contributed by atoms with Crippen LogP contribution in [0.5, 0.6) is 0 Å². The van der Waals surface area contributed by atoms with Crippen LogP contribution in [0.15, 0.2) is 24.3 Å². The van der Waals surface area contributed by atoms with E-state index in [2.05, 4.69) is 11.2 Å². The minimum atomic E-state index is -0.322. The summed E-state index contributed by atoms with van der Waals surface area (Å²) < 4.78 is 0. The number of nitrogen functional groups attached to an aromatic ring is 1. The summed E-state index contributed by atoms with van der Waals surface area (Å²) in [4.78, 5) is 24.6. The minimum Gasteiger partial charge on any atom is -0.399 e. The number of anilines is 1. The van der Waals surface area contributed by atoms with Crippen molar-refractivity contribution in [3.63, 3.8) is 0 Å². The molecule has 1 rings (SSSR count). The van der Waals surface area contributed by atoms with Gasteiger partial charge in [-0.2, -0.15) is 0 Å². The average Bonchev–Trinajstić information content (AvgIpc) is 2.36. The predicted molar refractivity (Wildman–Crippen MR) is 69.7 cm³/mol. The SMILES string of the molecule is C#CCN(C)C(=O)CNC(=O)c1ccc(N)cc1. The Morgan fingerprint density at radius 3 is 2.56 bits per heavy atom. The van der Waals surface area contributed by atoms with Crippen LogP contribution in [0, 0.1) is 12.3 Å². The number of hydrogen-bond acceptors (Lipinski definition) is 3. The first-order valence-electron chi connectivity index (χ1n) is 5.35. The van der Waals surface area contributed by atoms with Crippen LogP contribution in [0.2, 0.25) is 0 Å². The van der Waals surface area contributed by atoms with Gasteiger partial charge in [0, 0.05) is 18.3 Å². The lowest BCUT2D eigenvalue weighted by atomic mass is 10.2. The van der Waals surface area contributed by atoms with E-state index in [-0.39, 0.29) is 24.9 Å². The topological polar surface area (TPSA) is 75.4 Å². The molecular formula is C13H15N3O2. The molecule has 94 valence electrons. The van der Waals surface area contributed by atoms with E-state index in [1.165, 1.54) is 4.90 Å². The summed E-state index contributed by atoms with van der Waals surface area (Å²) in [5.41, 5.74) is 6.55. The van der Waals surface area contributed by atoms with E-state index in [0.29, 0.717) is 11.3 Å². The lowest BCUT2D eigenvalue weighted by molar-refractivity contribution is -0.128. The third-order valence-electron chi connectivity index (χ3n) is 2.33. The van der Waals surface area contributed by atoms with Gasteiger partial charge in [-0.3, -0.25) is 9.59 Å². The van der Waals surface area contributed by atoms with Gasteiger partial charge in [0.1, 0.15) is 0 Å². The number of likely N-dealkylation sites (N-methyl/N-ethyl adjacent to an activating group) is 1. The zero-order valence-corrected chi connectivity index (χ0v) is 10.1. The van der Waals surface area contributed by atoms with Gasteiger partial charge >= 0.3 is 0 Å². The van der Waals surface area contributed by atoms with Crippen molar-refractivity contribution in [3.05, 3.63) is 29.8 Å². The fourth-order valence-corrected chi connectivity index (χ4v) is 1.25. The van der Waals surface area contributed by atoms with E-state index in [4.69, 9.17) is 12.2 Å². The second kappa shape index (κ2) is 6.30. The monoisotopic (exact) mass is 245 g/mol. The van der Waals surface area contributed by atoms with E-state index in [1.54, 1.807) is 31.3 Å². The summed E-state index contributed by atoms with van der Waals surface area (Å²) in [6.07, 6.45) is 5.09. The van der Waals surface area contributed by atoms with Crippen LogP contribution in [0.25, 0.3) is 0 Å². The van der Waals surface area contributed by atoms with Gasteiger partial charge in [0.25, 0.3) is 5.91 Å². The summed E-state index contributed by atoms with van der Waals surface area (Å²) in [6, 6.07) is 6.45. The molecule has 1 aromatic rings. The Hall–Kier alpha value is -2.48. The molecule has 0 aliphatic carbocycles. The molecule has 0 saturated heterocycles. The highest BCUT2D eigenvalue weighted by Crippen LogP contribution is 2.04. The van der Waals surface area contributed by atoms with Crippen LogP contribution in [-0.4, -0.2) is 36.9 Å². The van der Waals surface area contributed by atoms with E-state index >= 15 is 0 Å². The number of carbonyl (C=O) groups is 2.